The lowest BCUT2D eigenvalue weighted by Crippen LogP contribution is -2.40. The Morgan fingerprint density at radius 2 is 1.53 bits per heavy atom. The molecule has 0 bridgehead atoms. The lowest BCUT2D eigenvalue weighted by molar-refractivity contribution is -0.0242. The molecule has 32 heavy (non-hydrogen) atoms. The highest BCUT2D eigenvalue weighted by molar-refractivity contribution is 6.09. The van der Waals surface area contributed by atoms with Gasteiger partial charge in [0.1, 0.15) is 5.60 Å². The Kier molecular flexibility index (Phi) is 5.60. The van der Waals surface area contributed by atoms with Crippen molar-refractivity contribution in [3.05, 3.63) is 107 Å². The molecular weight excluding hydrogens is 400 g/mol. The Labute approximate surface area is 187 Å². The predicted molar refractivity (Wildman–Crippen MR) is 123 cm³/mol. The quantitative estimate of drug-likeness (QED) is 0.461. The van der Waals surface area contributed by atoms with Gasteiger partial charge in [-0.05, 0) is 24.2 Å². The van der Waals surface area contributed by atoms with Crippen molar-refractivity contribution in [2.45, 2.75) is 24.5 Å². The van der Waals surface area contributed by atoms with Crippen molar-refractivity contribution in [2.75, 3.05) is 19.6 Å². The van der Waals surface area contributed by atoms with Crippen LogP contribution in [0.3, 0.4) is 0 Å². The van der Waals surface area contributed by atoms with Crippen LogP contribution in [0.2, 0.25) is 0 Å². The van der Waals surface area contributed by atoms with Crippen LogP contribution < -0.4 is 10.6 Å². The van der Waals surface area contributed by atoms with Gasteiger partial charge in [0.15, 0.2) is 5.78 Å². The van der Waals surface area contributed by atoms with Crippen molar-refractivity contribution >= 4 is 11.8 Å². The summed E-state index contributed by atoms with van der Waals surface area (Å²) in [4.78, 5) is 26.1. The summed E-state index contributed by atoms with van der Waals surface area (Å²) in [5.41, 5.74) is 3.30. The average Bonchev–Trinajstić information content (AvgIpc) is 3.12. The normalized spacial score (nSPS) is 16.7. The third-order valence-corrected chi connectivity index (χ3v) is 6.49. The van der Waals surface area contributed by atoms with E-state index in [-0.39, 0.29) is 24.3 Å². The lowest BCUT2D eigenvalue weighted by Gasteiger charge is -2.33. The third-order valence-electron chi connectivity index (χ3n) is 6.49. The molecule has 5 rings (SSSR count). The van der Waals surface area contributed by atoms with Crippen LogP contribution in [-0.4, -0.2) is 31.4 Å². The van der Waals surface area contributed by atoms with E-state index in [0.29, 0.717) is 11.1 Å². The Morgan fingerprint density at radius 1 is 0.906 bits per heavy atom. The minimum absolute atomic E-state index is 0.110. The molecule has 0 saturated carbocycles. The van der Waals surface area contributed by atoms with Crippen LogP contribution in [0.15, 0.2) is 78.9 Å². The molecule has 0 radical (unpaired) electrons. The van der Waals surface area contributed by atoms with Gasteiger partial charge in [0.25, 0.3) is 0 Å². The molecule has 2 aliphatic heterocycles. The molecule has 0 amide bonds. The summed E-state index contributed by atoms with van der Waals surface area (Å²) >= 11 is 0. The van der Waals surface area contributed by atoms with E-state index in [4.69, 9.17) is 4.74 Å². The molecule has 2 aliphatic rings. The van der Waals surface area contributed by atoms with E-state index in [2.05, 4.69) is 10.6 Å². The first-order valence-corrected chi connectivity index (χ1v) is 11.1. The molecular formula is C27H26N2O3. The molecule has 2 N–H and O–H groups in total. The summed E-state index contributed by atoms with van der Waals surface area (Å²) in [6.45, 7) is 1.71. The highest BCUT2D eigenvalue weighted by Gasteiger charge is 2.47. The molecule has 5 heteroatoms. The molecule has 3 aromatic carbocycles. The zero-order chi connectivity index (χ0) is 22.0. The number of esters is 1. The van der Waals surface area contributed by atoms with Gasteiger partial charge in [-0.2, -0.15) is 0 Å². The first kappa shape index (κ1) is 20.6. The summed E-state index contributed by atoms with van der Waals surface area (Å²) < 4.78 is 5.86. The molecule has 1 fully saturated rings. The van der Waals surface area contributed by atoms with Crippen molar-refractivity contribution in [2.24, 2.45) is 0 Å². The number of carbonyl (C=O) groups excluding carboxylic acids is 2. The Morgan fingerprint density at radius 3 is 2.16 bits per heavy atom. The number of rotatable bonds is 6. The standard InChI is InChI=1S/C27H26N2O3/c30-23(18-29-25(19-8-3-1-4-9-19)20-10-5-2-6-11-20)21-12-7-13-22-24(21)26(31)32-27(22)14-16-28-17-15-27/h1-13,25,28-29H,14-18H2. The predicted octanol–water partition coefficient (Wildman–Crippen LogP) is 4.00. The average molecular weight is 427 g/mol. The minimum Gasteiger partial charge on any atom is -0.450 e. The van der Waals surface area contributed by atoms with Crippen LogP contribution in [0.5, 0.6) is 0 Å². The fraction of sp³-hybridized carbons (Fsp3) is 0.259. The molecule has 0 aromatic heterocycles. The van der Waals surface area contributed by atoms with Crippen molar-refractivity contribution in [3.63, 3.8) is 0 Å². The summed E-state index contributed by atoms with van der Waals surface area (Å²) in [7, 11) is 0. The Balaban J connectivity index is 1.41. The Hall–Kier alpha value is -3.28. The number of hydrogen-bond acceptors (Lipinski definition) is 5. The zero-order valence-corrected chi connectivity index (χ0v) is 17.8. The molecule has 3 aromatic rings. The fourth-order valence-corrected chi connectivity index (χ4v) is 4.88. The number of hydrogen-bond donors (Lipinski definition) is 2. The van der Waals surface area contributed by atoms with Gasteiger partial charge in [-0.3, -0.25) is 10.1 Å². The van der Waals surface area contributed by atoms with Gasteiger partial charge in [-0.25, -0.2) is 4.79 Å². The second kappa shape index (κ2) is 8.69. The number of nitrogens with one attached hydrogen (secondary N) is 2. The maximum atomic E-state index is 13.3. The second-order valence-corrected chi connectivity index (χ2v) is 8.42. The van der Waals surface area contributed by atoms with Crippen LogP contribution in [0, 0.1) is 0 Å². The molecule has 2 heterocycles. The maximum Gasteiger partial charge on any atom is 0.340 e. The van der Waals surface area contributed by atoms with Crippen LogP contribution in [0.1, 0.15) is 56.3 Å². The van der Waals surface area contributed by atoms with E-state index >= 15 is 0 Å². The number of fused-ring (bicyclic) bond motifs is 2. The topological polar surface area (TPSA) is 67.4 Å². The largest absolute Gasteiger partial charge is 0.450 e. The summed E-state index contributed by atoms with van der Waals surface area (Å²) in [6.07, 6.45) is 1.46. The maximum absolute atomic E-state index is 13.3. The Bertz CT molecular complexity index is 1080. The first-order valence-electron chi connectivity index (χ1n) is 11.1. The van der Waals surface area contributed by atoms with Gasteiger partial charge in [-0.1, -0.05) is 78.9 Å². The van der Waals surface area contributed by atoms with Gasteiger partial charge in [0.2, 0.25) is 0 Å². The van der Waals surface area contributed by atoms with Crippen molar-refractivity contribution in [1.82, 2.24) is 10.6 Å². The molecule has 162 valence electrons. The monoisotopic (exact) mass is 426 g/mol. The van der Waals surface area contributed by atoms with E-state index in [0.717, 1.165) is 42.6 Å². The number of piperidine rings is 1. The smallest absolute Gasteiger partial charge is 0.340 e. The summed E-state index contributed by atoms with van der Waals surface area (Å²) in [6, 6.07) is 25.5. The SMILES string of the molecule is O=C(CNC(c1ccccc1)c1ccccc1)c1cccc2c1C(=O)OC21CCNCC1. The molecule has 1 saturated heterocycles. The first-order chi connectivity index (χ1) is 15.7. The van der Waals surface area contributed by atoms with Crippen molar-refractivity contribution < 1.29 is 14.3 Å². The van der Waals surface area contributed by atoms with Crippen LogP contribution in [0.4, 0.5) is 0 Å². The number of benzene rings is 3. The highest BCUT2D eigenvalue weighted by atomic mass is 16.6. The molecule has 1 spiro atoms. The van der Waals surface area contributed by atoms with Gasteiger partial charge in [-0.15, -0.1) is 0 Å². The minimum atomic E-state index is -0.599. The van der Waals surface area contributed by atoms with Crippen LogP contribution in [-0.2, 0) is 10.3 Å². The number of carbonyl (C=O) groups is 2. The molecule has 0 unspecified atom stereocenters. The fourth-order valence-electron chi connectivity index (χ4n) is 4.88. The van der Waals surface area contributed by atoms with Crippen molar-refractivity contribution in [1.29, 1.82) is 0 Å². The van der Waals surface area contributed by atoms with Gasteiger partial charge in [0.05, 0.1) is 18.2 Å². The zero-order valence-electron chi connectivity index (χ0n) is 17.8. The van der Waals surface area contributed by atoms with Crippen LogP contribution >= 0.6 is 0 Å². The summed E-state index contributed by atoms with van der Waals surface area (Å²) in [5, 5.41) is 6.73. The van der Waals surface area contributed by atoms with E-state index < -0.39 is 5.60 Å². The highest BCUT2D eigenvalue weighted by Crippen LogP contribution is 2.44. The van der Waals surface area contributed by atoms with E-state index in [9.17, 15) is 9.59 Å². The molecule has 0 atom stereocenters. The van der Waals surface area contributed by atoms with Crippen molar-refractivity contribution in [3.8, 4) is 0 Å². The second-order valence-electron chi connectivity index (χ2n) is 8.42. The van der Waals surface area contributed by atoms with Gasteiger partial charge >= 0.3 is 5.97 Å². The lowest BCUT2D eigenvalue weighted by atomic mass is 9.83. The number of Topliss-reactive ketones (excluding diaryl/α,β-unsaturated/α-hetero) is 1. The van der Waals surface area contributed by atoms with Gasteiger partial charge in [0, 0.05) is 24.0 Å². The van der Waals surface area contributed by atoms with E-state index in [1.807, 2.05) is 72.8 Å². The van der Waals surface area contributed by atoms with E-state index in [1.165, 1.54) is 0 Å². The summed E-state index contributed by atoms with van der Waals surface area (Å²) in [5.74, 6) is -0.491. The molecule has 0 aliphatic carbocycles. The number of ether oxygens (including phenoxy) is 1. The molecule has 5 nitrogen and oxygen atoms in total. The third kappa shape index (κ3) is 3.74. The van der Waals surface area contributed by atoms with Gasteiger partial charge < -0.3 is 10.1 Å². The number of ketones is 1. The van der Waals surface area contributed by atoms with E-state index in [1.54, 1.807) is 6.07 Å². The van der Waals surface area contributed by atoms with Crippen LogP contribution in [0.25, 0.3) is 0 Å².